The zero-order valence-electron chi connectivity index (χ0n) is 16.0. The summed E-state index contributed by atoms with van der Waals surface area (Å²) < 4.78 is 0. The van der Waals surface area contributed by atoms with Gasteiger partial charge in [-0.3, -0.25) is 9.78 Å². The molecule has 1 heterocycles. The normalized spacial score (nSPS) is 10.7. The number of aryl methyl sites for hydroxylation is 1. The highest BCUT2D eigenvalue weighted by Crippen LogP contribution is 2.21. The fraction of sp³-hybridized carbons (Fsp3) is 0.217. The maximum atomic E-state index is 12.6. The summed E-state index contributed by atoms with van der Waals surface area (Å²) in [5.41, 5.74) is 4.54. The lowest BCUT2D eigenvalue weighted by molar-refractivity contribution is 0.102. The summed E-state index contributed by atoms with van der Waals surface area (Å²) in [5, 5.41) is 2.91. The van der Waals surface area contributed by atoms with Gasteiger partial charge < -0.3 is 10.2 Å². The quantitative estimate of drug-likeness (QED) is 0.669. The summed E-state index contributed by atoms with van der Waals surface area (Å²) >= 11 is 0. The van der Waals surface area contributed by atoms with Crippen LogP contribution in [0.2, 0.25) is 0 Å². The van der Waals surface area contributed by atoms with Crippen molar-refractivity contribution in [2.45, 2.75) is 33.4 Å². The number of nitrogens with one attached hydrogen (secondary N) is 1. The van der Waals surface area contributed by atoms with Crippen molar-refractivity contribution >= 4 is 17.3 Å². The summed E-state index contributed by atoms with van der Waals surface area (Å²) in [7, 11) is 0. The van der Waals surface area contributed by atoms with Crippen LogP contribution in [-0.2, 0) is 6.54 Å². The Morgan fingerprint density at radius 3 is 2.41 bits per heavy atom. The van der Waals surface area contributed by atoms with Gasteiger partial charge in [0.25, 0.3) is 5.91 Å². The molecule has 0 unspecified atom stereocenters. The Labute approximate surface area is 160 Å². The van der Waals surface area contributed by atoms with Crippen molar-refractivity contribution in [1.82, 2.24) is 4.98 Å². The number of nitrogens with zero attached hydrogens (tertiary/aromatic N) is 2. The number of carbonyl (C=O) groups is 1. The van der Waals surface area contributed by atoms with Gasteiger partial charge in [0.05, 0.1) is 0 Å². The van der Waals surface area contributed by atoms with E-state index >= 15 is 0 Å². The predicted octanol–water partition coefficient (Wildman–Crippen LogP) is 5.06. The van der Waals surface area contributed by atoms with Crippen LogP contribution in [0.3, 0.4) is 0 Å². The van der Waals surface area contributed by atoms with Gasteiger partial charge in [0, 0.05) is 30.2 Å². The minimum Gasteiger partial charge on any atom is -0.365 e. The van der Waals surface area contributed by atoms with Gasteiger partial charge in [0.2, 0.25) is 0 Å². The lowest BCUT2D eigenvalue weighted by Crippen LogP contribution is -2.30. The summed E-state index contributed by atoms with van der Waals surface area (Å²) in [6.07, 6.45) is 1.69. The van der Waals surface area contributed by atoms with Gasteiger partial charge in [-0.25, -0.2) is 0 Å². The minimum absolute atomic E-state index is 0.205. The van der Waals surface area contributed by atoms with Crippen molar-refractivity contribution in [2.75, 3.05) is 10.2 Å². The molecule has 0 saturated heterocycles. The molecule has 0 aliphatic carbocycles. The van der Waals surface area contributed by atoms with Crippen LogP contribution < -0.4 is 10.2 Å². The molecule has 4 heteroatoms. The number of carbonyl (C=O) groups excluding carboxylic acids is 1. The number of aromatic nitrogens is 1. The molecule has 0 aliphatic rings. The third kappa shape index (κ3) is 4.94. The van der Waals surface area contributed by atoms with Crippen LogP contribution in [0, 0.1) is 6.92 Å². The Balaban J connectivity index is 1.80. The van der Waals surface area contributed by atoms with E-state index in [1.807, 2.05) is 61.5 Å². The van der Waals surface area contributed by atoms with Crippen molar-refractivity contribution < 1.29 is 4.79 Å². The van der Waals surface area contributed by atoms with Crippen LogP contribution in [0.5, 0.6) is 0 Å². The molecule has 0 bridgehead atoms. The standard InChI is InChI=1S/C23H25N3O/c1-17(2)26(16-19-7-5-4-6-8-19)21-13-14-24-22(15-21)23(27)25-20-11-9-18(3)10-12-20/h4-15,17H,16H2,1-3H3,(H,25,27). The third-order valence-electron chi connectivity index (χ3n) is 4.44. The second-order valence-corrected chi connectivity index (χ2v) is 6.93. The second-order valence-electron chi connectivity index (χ2n) is 6.93. The van der Waals surface area contributed by atoms with Gasteiger partial charge >= 0.3 is 0 Å². The SMILES string of the molecule is Cc1ccc(NC(=O)c2cc(N(Cc3ccccc3)C(C)C)ccn2)cc1. The van der Waals surface area contributed by atoms with Crippen LogP contribution in [0.4, 0.5) is 11.4 Å². The van der Waals surface area contributed by atoms with Crippen molar-refractivity contribution in [3.8, 4) is 0 Å². The van der Waals surface area contributed by atoms with Crippen LogP contribution in [0.1, 0.15) is 35.5 Å². The van der Waals surface area contributed by atoms with E-state index in [9.17, 15) is 4.79 Å². The molecule has 0 radical (unpaired) electrons. The lowest BCUT2D eigenvalue weighted by Gasteiger charge is -2.29. The molecule has 0 fully saturated rings. The number of benzene rings is 2. The fourth-order valence-electron chi connectivity index (χ4n) is 2.91. The Morgan fingerprint density at radius 1 is 1.04 bits per heavy atom. The molecule has 3 aromatic rings. The van der Waals surface area contributed by atoms with Gasteiger partial charge in [0.15, 0.2) is 0 Å². The van der Waals surface area contributed by atoms with E-state index in [1.54, 1.807) is 6.20 Å². The van der Waals surface area contributed by atoms with Crippen LogP contribution >= 0.6 is 0 Å². The van der Waals surface area contributed by atoms with Gasteiger partial charge in [-0.15, -0.1) is 0 Å². The highest BCUT2D eigenvalue weighted by molar-refractivity contribution is 6.03. The first-order valence-corrected chi connectivity index (χ1v) is 9.17. The van der Waals surface area contributed by atoms with Gasteiger partial charge in [0.1, 0.15) is 5.69 Å². The maximum Gasteiger partial charge on any atom is 0.274 e. The number of hydrogen-bond donors (Lipinski definition) is 1. The average Bonchev–Trinajstić information content (AvgIpc) is 2.68. The lowest BCUT2D eigenvalue weighted by atomic mass is 10.1. The first-order chi connectivity index (χ1) is 13.0. The van der Waals surface area contributed by atoms with Crippen molar-refractivity contribution in [1.29, 1.82) is 0 Å². The number of anilines is 2. The van der Waals surface area contributed by atoms with E-state index < -0.39 is 0 Å². The smallest absolute Gasteiger partial charge is 0.274 e. The van der Waals surface area contributed by atoms with Crippen LogP contribution in [-0.4, -0.2) is 16.9 Å². The Morgan fingerprint density at radius 2 is 1.74 bits per heavy atom. The Kier molecular flexibility index (Phi) is 5.87. The highest BCUT2D eigenvalue weighted by atomic mass is 16.1. The molecule has 27 heavy (non-hydrogen) atoms. The Bertz CT molecular complexity index is 889. The molecule has 2 aromatic carbocycles. The van der Waals surface area contributed by atoms with Crippen molar-refractivity contribution in [3.05, 3.63) is 89.7 Å². The number of pyridine rings is 1. The molecule has 0 aliphatic heterocycles. The van der Waals surface area contributed by atoms with E-state index in [2.05, 4.69) is 41.2 Å². The van der Waals surface area contributed by atoms with E-state index in [1.165, 1.54) is 5.56 Å². The summed E-state index contributed by atoms with van der Waals surface area (Å²) in [4.78, 5) is 19.1. The van der Waals surface area contributed by atoms with Gasteiger partial charge in [-0.05, 0) is 50.6 Å². The molecule has 3 rings (SSSR count). The maximum absolute atomic E-state index is 12.6. The third-order valence-corrected chi connectivity index (χ3v) is 4.44. The summed E-state index contributed by atoms with van der Waals surface area (Å²) in [6.45, 7) is 7.09. The molecule has 1 aromatic heterocycles. The Hall–Kier alpha value is -3.14. The zero-order valence-corrected chi connectivity index (χ0v) is 16.0. The summed E-state index contributed by atoms with van der Waals surface area (Å²) in [6, 6.07) is 22.2. The van der Waals surface area contributed by atoms with Crippen LogP contribution in [0.25, 0.3) is 0 Å². The van der Waals surface area contributed by atoms with Gasteiger partial charge in [-0.2, -0.15) is 0 Å². The van der Waals surface area contributed by atoms with E-state index in [-0.39, 0.29) is 5.91 Å². The molecule has 1 N–H and O–H groups in total. The highest BCUT2D eigenvalue weighted by Gasteiger charge is 2.15. The van der Waals surface area contributed by atoms with E-state index in [4.69, 9.17) is 0 Å². The molecular formula is C23H25N3O. The predicted molar refractivity (Wildman–Crippen MR) is 111 cm³/mol. The number of hydrogen-bond acceptors (Lipinski definition) is 3. The van der Waals surface area contributed by atoms with E-state index in [0.29, 0.717) is 11.7 Å². The molecule has 138 valence electrons. The first kappa shape index (κ1) is 18.6. The molecule has 0 atom stereocenters. The molecular weight excluding hydrogens is 334 g/mol. The van der Waals surface area contributed by atoms with Crippen LogP contribution in [0.15, 0.2) is 72.9 Å². The summed E-state index contributed by atoms with van der Waals surface area (Å²) in [5.74, 6) is -0.205. The minimum atomic E-state index is -0.205. The first-order valence-electron chi connectivity index (χ1n) is 9.17. The average molecular weight is 359 g/mol. The molecule has 0 saturated carbocycles. The van der Waals surface area contributed by atoms with Crippen molar-refractivity contribution in [3.63, 3.8) is 0 Å². The fourth-order valence-corrected chi connectivity index (χ4v) is 2.91. The van der Waals surface area contributed by atoms with E-state index in [0.717, 1.165) is 23.5 Å². The zero-order chi connectivity index (χ0) is 19.2. The molecule has 1 amide bonds. The number of amides is 1. The second kappa shape index (κ2) is 8.49. The molecule has 0 spiro atoms. The van der Waals surface area contributed by atoms with Crippen molar-refractivity contribution in [2.24, 2.45) is 0 Å². The largest absolute Gasteiger partial charge is 0.365 e. The van der Waals surface area contributed by atoms with Gasteiger partial charge in [-0.1, -0.05) is 48.0 Å². The topological polar surface area (TPSA) is 45.2 Å². The molecule has 4 nitrogen and oxygen atoms in total. The monoisotopic (exact) mass is 359 g/mol. The number of rotatable bonds is 6.